The van der Waals surface area contributed by atoms with Gasteiger partial charge < -0.3 is 5.73 Å². The molecule has 0 aromatic heterocycles. The smallest absolute Gasteiger partial charge is 0.221 e. The number of rotatable bonds is 3. The quantitative estimate of drug-likeness (QED) is 0.890. The molecule has 0 spiro atoms. The highest BCUT2D eigenvalue weighted by Crippen LogP contribution is 2.25. The summed E-state index contributed by atoms with van der Waals surface area (Å²) in [6, 6.07) is 10.2. The number of nitrogens with two attached hydrogens (primary N) is 1. The number of carbonyl (C=O) groups is 1. The van der Waals surface area contributed by atoms with Crippen molar-refractivity contribution >= 4 is 5.91 Å². The number of hydrogen-bond acceptors (Lipinski definition) is 1. The van der Waals surface area contributed by atoms with Crippen LogP contribution in [0.4, 0.5) is 8.78 Å². The lowest BCUT2D eigenvalue weighted by atomic mass is 9.97. The van der Waals surface area contributed by atoms with Gasteiger partial charge in [-0.15, -0.1) is 0 Å². The van der Waals surface area contributed by atoms with Crippen LogP contribution >= 0.6 is 0 Å². The van der Waals surface area contributed by atoms with E-state index in [0.717, 1.165) is 6.07 Å². The van der Waals surface area contributed by atoms with Crippen LogP contribution in [0.3, 0.4) is 0 Å². The minimum Gasteiger partial charge on any atom is -0.369 e. The molecule has 0 atom stereocenters. The Morgan fingerprint density at radius 2 is 1.67 bits per heavy atom. The second-order valence-corrected chi connectivity index (χ2v) is 3.96. The summed E-state index contributed by atoms with van der Waals surface area (Å²) in [5.41, 5.74) is 6.79. The van der Waals surface area contributed by atoms with Crippen LogP contribution in [0.5, 0.6) is 0 Å². The maximum atomic E-state index is 13.2. The minimum atomic E-state index is -0.654. The number of halogens is 2. The molecule has 2 N–H and O–H groups in total. The van der Waals surface area contributed by atoms with Gasteiger partial charge in [0, 0.05) is 6.07 Å². The molecule has 0 aliphatic heterocycles. The SMILES string of the molecule is NC(=O)Cc1ccccc1-c1cc(F)cc(F)c1. The van der Waals surface area contributed by atoms with Crippen molar-refractivity contribution in [2.24, 2.45) is 5.73 Å². The third-order valence-electron chi connectivity index (χ3n) is 2.56. The van der Waals surface area contributed by atoms with E-state index in [4.69, 9.17) is 5.73 Å². The van der Waals surface area contributed by atoms with Gasteiger partial charge in [0.1, 0.15) is 11.6 Å². The summed E-state index contributed by atoms with van der Waals surface area (Å²) in [6.45, 7) is 0. The second kappa shape index (κ2) is 4.96. The monoisotopic (exact) mass is 247 g/mol. The molecule has 18 heavy (non-hydrogen) atoms. The van der Waals surface area contributed by atoms with Gasteiger partial charge >= 0.3 is 0 Å². The largest absolute Gasteiger partial charge is 0.369 e. The lowest BCUT2D eigenvalue weighted by molar-refractivity contribution is -0.117. The topological polar surface area (TPSA) is 43.1 Å². The Morgan fingerprint density at radius 1 is 1.06 bits per heavy atom. The maximum Gasteiger partial charge on any atom is 0.221 e. The fraction of sp³-hybridized carbons (Fsp3) is 0.0714. The van der Waals surface area contributed by atoms with Crippen molar-refractivity contribution in [3.63, 3.8) is 0 Å². The normalized spacial score (nSPS) is 10.3. The Bertz CT molecular complexity index is 576. The summed E-state index contributed by atoms with van der Waals surface area (Å²) < 4.78 is 26.4. The van der Waals surface area contributed by atoms with Gasteiger partial charge in [-0.05, 0) is 28.8 Å². The van der Waals surface area contributed by atoms with Crippen molar-refractivity contribution < 1.29 is 13.6 Å². The molecule has 2 nitrogen and oxygen atoms in total. The first-order valence-electron chi connectivity index (χ1n) is 5.39. The lowest BCUT2D eigenvalue weighted by Crippen LogP contribution is -2.14. The van der Waals surface area contributed by atoms with Crippen molar-refractivity contribution in [3.05, 3.63) is 59.7 Å². The van der Waals surface area contributed by atoms with Crippen LogP contribution in [0.15, 0.2) is 42.5 Å². The summed E-state index contributed by atoms with van der Waals surface area (Å²) >= 11 is 0. The summed E-state index contributed by atoms with van der Waals surface area (Å²) in [7, 11) is 0. The fourth-order valence-electron chi connectivity index (χ4n) is 1.85. The van der Waals surface area contributed by atoms with E-state index in [1.54, 1.807) is 24.3 Å². The Morgan fingerprint density at radius 3 is 2.28 bits per heavy atom. The van der Waals surface area contributed by atoms with Gasteiger partial charge in [0.25, 0.3) is 0 Å². The highest BCUT2D eigenvalue weighted by atomic mass is 19.1. The first kappa shape index (κ1) is 12.2. The van der Waals surface area contributed by atoms with E-state index in [1.165, 1.54) is 12.1 Å². The molecule has 92 valence electrons. The molecule has 0 saturated heterocycles. The van der Waals surface area contributed by atoms with E-state index in [9.17, 15) is 13.6 Å². The number of benzene rings is 2. The molecule has 0 heterocycles. The van der Waals surface area contributed by atoms with Gasteiger partial charge in [-0.25, -0.2) is 8.78 Å². The summed E-state index contributed by atoms with van der Waals surface area (Å²) in [6.07, 6.45) is 0.0360. The summed E-state index contributed by atoms with van der Waals surface area (Å²) in [4.78, 5) is 11.0. The molecule has 4 heteroatoms. The number of primary amides is 1. The average molecular weight is 247 g/mol. The van der Waals surface area contributed by atoms with Crippen LogP contribution in [0.25, 0.3) is 11.1 Å². The molecule has 0 aliphatic rings. The number of carbonyl (C=O) groups excluding carboxylic acids is 1. The molecule has 0 unspecified atom stereocenters. The van der Waals surface area contributed by atoms with Crippen molar-refractivity contribution in [2.45, 2.75) is 6.42 Å². The molecule has 0 aliphatic carbocycles. The van der Waals surface area contributed by atoms with Gasteiger partial charge in [0.05, 0.1) is 6.42 Å². The Labute approximate surface area is 103 Å². The number of amides is 1. The van der Waals surface area contributed by atoms with Gasteiger partial charge in [-0.1, -0.05) is 24.3 Å². The third kappa shape index (κ3) is 2.71. The zero-order chi connectivity index (χ0) is 13.1. The van der Waals surface area contributed by atoms with Crippen molar-refractivity contribution in [2.75, 3.05) is 0 Å². The molecule has 2 aromatic carbocycles. The van der Waals surface area contributed by atoms with Crippen LogP contribution in [0.2, 0.25) is 0 Å². The predicted octanol–water partition coefficient (Wildman–Crippen LogP) is 2.66. The van der Waals surface area contributed by atoms with Crippen molar-refractivity contribution in [1.29, 1.82) is 0 Å². The average Bonchev–Trinajstić information content (AvgIpc) is 2.27. The van der Waals surface area contributed by atoms with E-state index in [0.29, 0.717) is 16.7 Å². The van der Waals surface area contributed by atoms with E-state index >= 15 is 0 Å². The first-order chi connectivity index (χ1) is 8.56. The van der Waals surface area contributed by atoms with Gasteiger partial charge in [0.2, 0.25) is 5.91 Å². The lowest BCUT2D eigenvalue weighted by Gasteiger charge is -2.08. The first-order valence-corrected chi connectivity index (χ1v) is 5.39. The van der Waals surface area contributed by atoms with Crippen molar-refractivity contribution in [1.82, 2.24) is 0 Å². The maximum absolute atomic E-state index is 13.2. The van der Waals surface area contributed by atoms with Crippen molar-refractivity contribution in [3.8, 4) is 11.1 Å². The van der Waals surface area contributed by atoms with E-state index in [2.05, 4.69) is 0 Å². The predicted molar refractivity (Wildman–Crippen MR) is 64.7 cm³/mol. The van der Waals surface area contributed by atoms with Gasteiger partial charge in [-0.3, -0.25) is 4.79 Å². The zero-order valence-corrected chi connectivity index (χ0v) is 9.49. The zero-order valence-electron chi connectivity index (χ0n) is 9.49. The molecular formula is C14H11F2NO. The number of hydrogen-bond donors (Lipinski definition) is 1. The van der Waals surface area contributed by atoms with Crippen LogP contribution in [0, 0.1) is 11.6 Å². The van der Waals surface area contributed by atoms with Crippen LogP contribution in [-0.4, -0.2) is 5.91 Å². The van der Waals surface area contributed by atoms with Crippen LogP contribution in [-0.2, 0) is 11.2 Å². The van der Waals surface area contributed by atoms with E-state index < -0.39 is 17.5 Å². The fourth-order valence-corrected chi connectivity index (χ4v) is 1.85. The minimum absolute atomic E-state index is 0.0360. The van der Waals surface area contributed by atoms with Gasteiger partial charge in [0.15, 0.2) is 0 Å². The van der Waals surface area contributed by atoms with Crippen LogP contribution in [0.1, 0.15) is 5.56 Å². The van der Waals surface area contributed by atoms with E-state index in [-0.39, 0.29) is 6.42 Å². The Balaban J connectivity index is 2.52. The highest BCUT2D eigenvalue weighted by molar-refractivity contribution is 5.80. The molecule has 2 aromatic rings. The molecule has 2 rings (SSSR count). The van der Waals surface area contributed by atoms with Gasteiger partial charge in [-0.2, -0.15) is 0 Å². The highest BCUT2D eigenvalue weighted by Gasteiger charge is 2.09. The summed E-state index contributed by atoms with van der Waals surface area (Å²) in [5.74, 6) is -1.79. The second-order valence-electron chi connectivity index (χ2n) is 3.96. The molecule has 0 radical (unpaired) electrons. The Kier molecular flexibility index (Phi) is 3.37. The standard InChI is InChI=1S/C14H11F2NO/c15-11-5-10(6-12(16)8-11)13-4-2-1-3-9(13)7-14(17)18/h1-6,8H,7H2,(H2,17,18). The molecular weight excluding hydrogens is 236 g/mol. The van der Waals surface area contributed by atoms with Crippen LogP contribution < -0.4 is 5.73 Å². The van der Waals surface area contributed by atoms with E-state index in [1.807, 2.05) is 0 Å². The molecule has 0 saturated carbocycles. The Hall–Kier alpha value is -2.23. The molecule has 1 amide bonds. The third-order valence-corrected chi connectivity index (χ3v) is 2.56. The molecule has 0 bridgehead atoms. The summed E-state index contributed by atoms with van der Waals surface area (Å²) in [5, 5.41) is 0. The molecule has 0 fully saturated rings.